The van der Waals surface area contributed by atoms with Crippen LogP contribution in [0, 0.1) is 0 Å². The molecule has 112 valence electrons. The van der Waals surface area contributed by atoms with E-state index in [1.54, 1.807) is 12.2 Å². The molecular formula is C17H20O4. The van der Waals surface area contributed by atoms with Gasteiger partial charge in [-0.2, -0.15) is 0 Å². The Morgan fingerprint density at radius 2 is 1.81 bits per heavy atom. The summed E-state index contributed by atoms with van der Waals surface area (Å²) in [5.74, 6) is -1.29. The van der Waals surface area contributed by atoms with Crippen molar-refractivity contribution in [3.8, 4) is 0 Å². The molecule has 0 saturated carbocycles. The van der Waals surface area contributed by atoms with E-state index in [4.69, 9.17) is 14.2 Å². The van der Waals surface area contributed by atoms with Crippen LogP contribution in [0.15, 0.2) is 59.9 Å². The number of ether oxygens (including phenoxy) is 3. The van der Waals surface area contributed by atoms with Crippen LogP contribution in [-0.4, -0.2) is 38.3 Å². The molecule has 2 atom stereocenters. The lowest BCUT2D eigenvalue weighted by molar-refractivity contribution is -0.230. The monoisotopic (exact) mass is 288 g/mol. The van der Waals surface area contributed by atoms with Gasteiger partial charge in [0.25, 0.3) is 5.79 Å². The Hall–Kier alpha value is -1.88. The van der Waals surface area contributed by atoms with Gasteiger partial charge in [-0.05, 0) is 23.3 Å². The zero-order valence-electron chi connectivity index (χ0n) is 12.4. The summed E-state index contributed by atoms with van der Waals surface area (Å²) in [5.41, 5.74) is 1.97. The van der Waals surface area contributed by atoms with Crippen molar-refractivity contribution in [2.45, 2.75) is 11.9 Å². The molecule has 2 unspecified atom stereocenters. The van der Waals surface area contributed by atoms with Crippen LogP contribution in [0.25, 0.3) is 6.08 Å². The second kappa shape index (κ2) is 6.72. The van der Waals surface area contributed by atoms with E-state index in [0.29, 0.717) is 5.76 Å². The smallest absolute Gasteiger partial charge is 0.256 e. The molecule has 0 radical (unpaired) electrons. The van der Waals surface area contributed by atoms with Gasteiger partial charge < -0.3 is 19.3 Å². The summed E-state index contributed by atoms with van der Waals surface area (Å²) >= 11 is 0. The zero-order chi connectivity index (χ0) is 15.3. The van der Waals surface area contributed by atoms with Crippen molar-refractivity contribution in [1.82, 2.24) is 0 Å². The van der Waals surface area contributed by atoms with Gasteiger partial charge in [-0.1, -0.05) is 42.5 Å². The summed E-state index contributed by atoms with van der Waals surface area (Å²) in [6.45, 7) is 0. The Kier molecular flexibility index (Phi) is 4.96. The first-order valence-corrected chi connectivity index (χ1v) is 6.65. The lowest BCUT2D eigenvalue weighted by atomic mass is 9.96. The van der Waals surface area contributed by atoms with Crippen LogP contribution < -0.4 is 0 Å². The fraction of sp³-hybridized carbons (Fsp3) is 0.294. The number of allylic oxidation sites excluding steroid dienone is 3. The van der Waals surface area contributed by atoms with E-state index in [1.165, 1.54) is 21.3 Å². The maximum absolute atomic E-state index is 10.5. The van der Waals surface area contributed by atoms with E-state index in [2.05, 4.69) is 0 Å². The van der Waals surface area contributed by atoms with Crippen LogP contribution in [0.4, 0.5) is 0 Å². The number of hydrogen-bond acceptors (Lipinski definition) is 4. The van der Waals surface area contributed by atoms with Gasteiger partial charge in [-0.25, -0.2) is 0 Å². The molecule has 0 bridgehead atoms. The summed E-state index contributed by atoms with van der Waals surface area (Å²) < 4.78 is 15.7. The highest BCUT2D eigenvalue weighted by Crippen LogP contribution is 2.32. The van der Waals surface area contributed by atoms with Crippen LogP contribution in [0.5, 0.6) is 0 Å². The molecule has 0 saturated heterocycles. The number of hydrogen-bond donors (Lipinski definition) is 1. The van der Waals surface area contributed by atoms with Crippen LogP contribution in [0.2, 0.25) is 0 Å². The highest BCUT2D eigenvalue weighted by molar-refractivity contribution is 5.56. The molecule has 0 heterocycles. The Balaban J connectivity index is 2.29. The van der Waals surface area contributed by atoms with Crippen LogP contribution in [0.1, 0.15) is 5.56 Å². The number of methoxy groups -OCH3 is 3. The summed E-state index contributed by atoms with van der Waals surface area (Å²) in [7, 11) is 4.42. The molecule has 1 aromatic rings. The van der Waals surface area contributed by atoms with Crippen molar-refractivity contribution in [3.05, 3.63) is 65.5 Å². The van der Waals surface area contributed by atoms with Gasteiger partial charge in [0.1, 0.15) is 6.10 Å². The topological polar surface area (TPSA) is 47.9 Å². The average molecular weight is 288 g/mol. The molecule has 1 aliphatic rings. The molecular weight excluding hydrogens is 268 g/mol. The lowest BCUT2D eigenvalue weighted by Crippen LogP contribution is -2.48. The van der Waals surface area contributed by atoms with E-state index in [1.807, 2.05) is 42.5 Å². The normalized spacial score (nSPS) is 25.6. The maximum Gasteiger partial charge on any atom is 0.256 e. The highest BCUT2D eigenvalue weighted by Gasteiger charge is 2.44. The zero-order valence-corrected chi connectivity index (χ0v) is 12.4. The van der Waals surface area contributed by atoms with Crippen LogP contribution in [-0.2, 0) is 14.2 Å². The Morgan fingerprint density at radius 1 is 1.10 bits per heavy atom. The molecule has 0 amide bonds. The molecule has 1 N–H and O–H groups in total. The van der Waals surface area contributed by atoms with E-state index in [-0.39, 0.29) is 0 Å². The fourth-order valence-corrected chi connectivity index (χ4v) is 2.24. The molecule has 2 rings (SSSR count). The van der Waals surface area contributed by atoms with Crippen LogP contribution >= 0.6 is 0 Å². The molecule has 0 spiro atoms. The van der Waals surface area contributed by atoms with Crippen molar-refractivity contribution in [2.24, 2.45) is 0 Å². The molecule has 21 heavy (non-hydrogen) atoms. The van der Waals surface area contributed by atoms with Gasteiger partial charge in [-0.3, -0.25) is 0 Å². The van der Waals surface area contributed by atoms with Crippen molar-refractivity contribution in [1.29, 1.82) is 0 Å². The second-order valence-electron chi connectivity index (χ2n) is 4.68. The van der Waals surface area contributed by atoms with Gasteiger partial charge in [-0.15, -0.1) is 0 Å². The predicted molar refractivity (Wildman–Crippen MR) is 81.4 cm³/mol. The largest absolute Gasteiger partial charge is 0.495 e. The minimum atomic E-state index is -1.60. The fourth-order valence-electron chi connectivity index (χ4n) is 2.24. The van der Waals surface area contributed by atoms with E-state index < -0.39 is 11.9 Å². The molecule has 0 aromatic heterocycles. The first-order valence-electron chi connectivity index (χ1n) is 6.65. The molecule has 1 aromatic carbocycles. The van der Waals surface area contributed by atoms with Crippen molar-refractivity contribution >= 4 is 6.08 Å². The molecule has 1 aliphatic carbocycles. The first-order chi connectivity index (χ1) is 10.1. The number of rotatable bonds is 5. The molecule has 0 fully saturated rings. The maximum atomic E-state index is 10.5. The second-order valence-corrected chi connectivity index (χ2v) is 4.68. The Morgan fingerprint density at radius 3 is 2.38 bits per heavy atom. The summed E-state index contributed by atoms with van der Waals surface area (Å²) in [5, 5.41) is 10.5. The Labute approximate surface area is 125 Å². The third-order valence-corrected chi connectivity index (χ3v) is 3.43. The summed E-state index contributed by atoms with van der Waals surface area (Å²) in [4.78, 5) is 0. The van der Waals surface area contributed by atoms with Gasteiger partial charge >= 0.3 is 0 Å². The predicted octanol–water partition coefficient (Wildman–Crippen LogP) is 2.52. The third kappa shape index (κ3) is 3.24. The van der Waals surface area contributed by atoms with Crippen LogP contribution in [0.3, 0.4) is 0 Å². The quantitative estimate of drug-likeness (QED) is 0.846. The first kappa shape index (κ1) is 15.5. The van der Waals surface area contributed by atoms with E-state index >= 15 is 0 Å². The molecule has 0 aliphatic heterocycles. The number of aliphatic hydroxyl groups is 1. The van der Waals surface area contributed by atoms with Crippen molar-refractivity contribution in [3.63, 3.8) is 0 Å². The average Bonchev–Trinajstić information content (AvgIpc) is 2.54. The van der Waals surface area contributed by atoms with Gasteiger partial charge in [0, 0.05) is 14.2 Å². The van der Waals surface area contributed by atoms with Gasteiger partial charge in [0.05, 0.1) is 7.11 Å². The van der Waals surface area contributed by atoms with E-state index in [9.17, 15) is 5.11 Å². The molecule has 4 nitrogen and oxygen atoms in total. The third-order valence-electron chi connectivity index (χ3n) is 3.43. The van der Waals surface area contributed by atoms with Gasteiger partial charge in [0.15, 0.2) is 5.76 Å². The SMILES string of the molecule is COC1=CC(/C=C/c2ccccc2)=CC(OC)C1(O)OC. The number of benzene rings is 1. The Bertz CT molecular complexity index is 559. The minimum absolute atomic E-state index is 0.312. The van der Waals surface area contributed by atoms with E-state index in [0.717, 1.165) is 11.1 Å². The highest BCUT2D eigenvalue weighted by atomic mass is 16.7. The molecule has 4 heteroatoms. The lowest BCUT2D eigenvalue weighted by Gasteiger charge is -2.35. The minimum Gasteiger partial charge on any atom is -0.495 e. The standard InChI is InChI=1S/C17H20O4/c1-19-15-11-14(10-9-13-7-5-4-6-8-13)12-16(20-2)17(15,18)21-3/h4-12,15,18H,1-3H3/b10-9+. The van der Waals surface area contributed by atoms with Crippen molar-refractivity contribution in [2.75, 3.05) is 21.3 Å². The van der Waals surface area contributed by atoms with Gasteiger partial charge in [0.2, 0.25) is 0 Å². The van der Waals surface area contributed by atoms with Crippen molar-refractivity contribution < 1.29 is 19.3 Å². The summed E-state index contributed by atoms with van der Waals surface area (Å²) in [6, 6.07) is 9.96. The summed E-state index contributed by atoms with van der Waals surface area (Å²) in [6.07, 6.45) is 6.82.